The monoisotopic (exact) mass is 418 g/mol. The Balaban J connectivity index is 1.56. The molecule has 1 aromatic heterocycles. The van der Waals surface area contributed by atoms with Crippen molar-refractivity contribution in [3.8, 4) is 5.75 Å². The average molecular weight is 418 g/mol. The summed E-state index contributed by atoms with van der Waals surface area (Å²) in [6.45, 7) is 2.52. The molecule has 1 aromatic carbocycles. The zero-order chi connectivity index (χ0) is 21.4. The van der Waals surface area contributed by atoms with Gasteiger partial charge in [-0.3, -0.25) is 14.9 Å². The van der Waals surface area contributed by atoms with Crippen LogP contribution in [0.3, 0.4) is 0 Å². The number of alkyl halides is 3. The van der Waals surface area contributed by atoms with Crippen molar-refractivity contribution in [3.63, 3.8) is 0 Å². The summed E-state index contributed by atoms with van der Waals surface area (Å²) in [4.78, 5) is 17.3. The number of aryl methyl sites for hydroxylation is 1. The molecule has 0 bridgehead atoms. The van der Waals surface area contributed by atoms with Crippen molar-refractivity contribution in [3.05, 3.63) is 47.3 Å². The van der Waals surface area contributed by atoms with E-state index < -0.39 is 17.5 Å². The van der Waals surface area contributed by atoms with Gasteiger partial charge in [0.25, 0.3) is 0 Å². The van der Waals surface area contributed by atoms with E-state index >= 15 is 0 Å². The number of H-pyrrole nitrogens is 1. The van der Waals surface area contributed by atoms with E-state index in [1.165, 1.54) is 18.2 Å². The van der Waals surface area contributed by atoms with E-state index in [1.54, 1.807) is 12.3 Å². The summed E-state index contributed by atoms with van der Waals surface area (Å²) < 4.78 is 42.1. The Morgan fingerprint density at radius 3 is 2.80 bits per heavy atom. The maximum absolute atomic E-state index is 13.1. The van der Waals surface area contributed by atoms with Crippen molar-refractivity contribution in [1.29, 1.82) is 0 Å². The van der Waals surface area contributed by atoms with Gasteiger partial charge >= 0.3 is 6.36 Å². The second-order valence-corrected chi connectivity index (χ2v) is 7.76. The lowest BCUT2D eigenvalue weighted by atomic mass is 9.73. The van der Waals surface area contributed by atoms with Crippen LogP contribution in [0.25, 0.3) is 5.57 Å². The van der Waals surface area contributed by atoms with Crippen molar-refractivity contribution in [2.75, 3.05) is 11.9 Å². The number of hydrogen-bond acceptors (Lipinski definition) is 4. The second-order valence-electron chi connectivity index (χ2n) is 7.76. The van der Waals surface area contributed by atoms with E-state index in [-0.39, 0.29) is 11.6 Å². The van der Waals surface area contributed by atoms with Crippen molar-refractivity contribution >= 4 is 23.4 Å². The van der Waals surface area contributed by atoms with Gasteiger partial charge in [0.05, 0.1) is 16.8 Å². The molecule has 1 aliphatic heterocycles. The van der Waals surface area contributed by atoms with Gasteiger partial charge in [0, 0.05) is 24.0 Å². The highest BCUT2D eigenvalue weighted by Gasteiger charge is 2.40. The maximum Gasteiger partial charge on any atom is 0.573 e. The summed E-state index contributed by atoms with van der Waals surface area (Å²) in [6, 6.07) is 5.54. The zero-order valence-corrected chi connectivity index (χ0v) is 16.3. The Morgan fingerprint density at radius 1 is 1.27 bits per heavy atom. The summed E-state index contributed by atoms with van der Waals surface area (Å²) >= 11 is 0. The van der Waals surface area contributed by atoms with Gasteiger partial charge < -0.3 is 10.1 Å². The Hall–Kier alpha value is -3.10. The number of nitrogens with zero attached hydrogens (tertiary/aromatic N) is 2. The summed E-state index contributed by atoms with van der Waals surface area (Å²) in [5.74, 6) is -0.785. The van der Waals surface area contributed by atoms with E-state index in [4.69, 9.17) is 0 Å². The van der Waals surface area contributed by atoms with E-state index in [1.807, 2.05) is 13.0 Å². The number of nitrogens with one attached hydrogen (secondary N) is 2. The van der Waals surface area contributed by atoms with Gasteiger partial charge in [0.2, 0.25) is 5.91 Å². The van der Waals surface area contributed by atoms with Gasteiger partial charge in [-0.1, -0.05) is 19.1 Å². The van der Waals surface area contributed by atoms with Crippen molar-refractivity contribution in [2.24, 2.45) is 10.4 Å². The van der Waals surface area contributed by atoms with Crippen LogP contribution in [0.4, 0.5) is 18.9 Å². The number of rotatable bonds is 4. The molecule has 0 radical (unpaired) electrons. The molecule has 2 aromatic rings. The quantitative estimate of drug-likeness (QED) is 0.777. The normalized spacial score (nSPS) is 21.0. The van der Waals surface area contributed by atoms with Crippen molar-refractivity contribution < 1.29 is 22.7 Å². The number of hydrogen-bond donors (Lipinski definition) is 2. The minimum absolute atomic E-state index is 0.00883. The lowest BCUT2D eigenvalue weighted by Crippen LogP contribution is -2.38. The fraction of sp³-hybridized carbons (Fsp3) is 0.381. The third kappa shape index (κ3) is 4.10. The average Bonchev–Trinajstić information content (AvgIpc) is 3.12. The molecule has 0 saturated heterocycles. The summed E-state index contributed by atoms with van der Waals surface area (Å²) in [5, 5.41) is 10.2. The summed E-state index contributed by atoms with van der Waals surface area (Å²) in [5.41, 5.74) is 3.09. The van der Waals surface area contributed by atoms with Crippen LogP contribution < -0.4 is 10.1 Å². The van der Waals surface area contributed by atoms with Gasteiger partial charge in [-0.15, -0.1) is 13.2 Å². The molecule has 0 saturated carbocycles. The van der Waals surface area contributed by atoms with Gasteiger partial charge in [-0.2, -0.15) is 5.10 Å². The largest absolute Gasteiger partial charge is 0.573 e. The predicted octanol–water partition coefficient (Wildman–Crippen LogP) is 4.30. The number of amides is 1. The van der Waals surface area contributed by atoms with E-state index in [2.05, 4.69) is 25.2 Å². The molecule has 158 valence electrons. The highest BCUT2D eigenvalue weighted by Crippen LogP contribution is 2.40. The molecule has 2 heterocycles. The Kier molecular flexibility index (Phi) is 5.13. The van der Waals surface area contributed by atoms with Crippen molar-refractivity contribution in [1.82, 2.24) is 10.2 Å². The zero-order valence-electron chi connectivity index (χ0n) is 16.3. The number of aliphatic imine (C=N–C) groups is 1. The second kappa shape index (κ2) is 7.62. The van der Waals surface area contributed by atoms with Crippen LogP contribution in [0.15, 0.2) is 35.3 Å². The van der Waals surface area contributed by atoms with Gasteiger partial charge in [0.1, 0.15) is 0 Å². The highest BCUT2D eigenvalue weighted by atomic mass is 19.4. The molecule has 1 amide bonds. The first-order valence-electron chi connectivity index (χ1n) is 9.67. The van der Waals surface area contributed by atoms with Crippen LogP contribution in [-0.4, -0.2) is 35.2 Å². The predicted molar refractivity (Wildman–Crippen MR) is 106 cm³/mol. The molecule has 1 atom stereocenters. The number of dihydropyridines is 1. The van der Waals surface area contributed by atoms with Crippen LogP contribution in [0, 0.1) is 5.41 Å². The molecule has 1 aliphatic carbocycles. The fourth-order valence-electron chi connectivity index (χ4n) is 3.88. The number of carbonyl (C=O) groups excluding carboxylic acids is 1. The van der Waals surface area contributed by atoms with Crippen LogP contribution in [0.1, 0.15) is 36.7 Å². The van der Waals surface area contributed by atoms with Crippen LogP contribution in [0.5, 0.6) is 5.75 Å². The minimum atomic E-state index is -4.84. The minimum Gasteiger partial charge on any atom is -0.404 e. The highest BCUT2D eigenvalue weighted by molar-refractivity contribution is 5.97. The van der Waals surface area contributed by atoms with E-state index in [9.17, 15) is 18.0 Å². The lowest BCUT2D eigenvalue weighted by molar-refractivity contribution is -0.274. The Bertz CT molecular complexity index is 1030. The molecule has 2 N–H and O–H groups in total. The van der Waals surface area contributed by atoms with Gasteiger partial charge in [-0.25, -0.2) is 0 Å². The number of aromatic nitrogens is 2. The topological polar surface area (TPSA) is 79.4 Å². The van der Waals surface area contributed by atoms with Crippen LogP contribution >= 0.6 is 0 Å². The SMILES string of the molecule is CC1(C(=O)Nc2ccccc2OC(F)(F)F)CCc2[nH]nc(C3=CC=NCC3)c2C1. The van der Waals surface area contributed by atoms with Crippen molar-refractivity contribution in [2.45, 2.75) is 39.0 Å². The number of allylic oxidation sites excluding steroid dienone is 1. The lowest BCUT2D eigenvalue weighted by Gasteiger charge is -2.32. The first-order valence-corrected chi connectivity index (χ1v) is 9.67. The third-order valence-corrected chi connectivity index (χ3v) is 5.55. The Morgan fingerprint density at radius 2 is 2.07 bits per heavy atom. The summed E-state index contributed by atoms with van der Waals surface area (Å²) in [6.07, 6.45) is 1.25. The van der Waals surface area contributed by atoms with Gasteiger partial charge in [-0.05, 0) is 49.5 Å². The number of carbonyl (C=O) groups is 1. The first kappa shape index (κ1) is 20.2. The molecule has 1 unspecified atom stereocenters. The molecule has 2 aliphatic rings. The number of halogens is 3. The van der Waals surface area contributed by atoms with E-state index in [0.717, 1.165) is 28.9 Å². The molecule has 0 fully saturated rings. The number of anilines is 1. The number of aromatic amines is 1. The van der Waals surface area contributed by atoms with Gasteiger partial charge in [0.15, 0.2) is 5.75 Å². The summed E-state index contributed by atoms with van der Waals surface area (Å²) in [7, 11) is 0. The number of ether oxygens (including phenoxy) is 1. The van der Waals surface area contributed by atoms with Crippen LogP contribution in [-0.2, 0) is 17.6 Å². The molecule has 9 heteroatoms. The molecule has 4 rings (SSSR count). The first-order chi connectivity index (χ1) is 14.3. The number of benzene rings is 1. The molecular weight excluding hydrogens is 397 g/mol. The Labute approximate surface area is 171 Å². The molecule has 0 spiro atoms. The molecule has 30 heavy (non-hydrogen) atoms. The fourth-order valence-corrected chi connectivity index (χ4v) is 3.88. The van der Waals surface area contributed by atoms with Crippen LogP contribution in [0.2, 0.25) is 0 Å². The number of fused-ring (bicyclic) bond motifs is 1. The number of para-hydroxylation sites is 2. The standard InChI is InChI=1S/C21H21F3N4O2/c1-20(19(29)26-16-4-2-3-5-17(16)30-21(22,23)24)9-6-15-14(12-20)18(28-27-15)13-7-10-25-11-8-13/h2-5,7,10H,6,8-9,11-12H2,1H3,(H,26,29)(H,27,28). The molecular formula is C21H21F3N4O2. The third-order valence-electron chi connectivity index (χ3n) is 5.55. The maximum atomic E-state index is 13.1. The van der Waals surface area contributed by atoms with E-state index in [0.29, 0.717) is 25.8 Å². The molecule has 6 nitrogen and oxygen atoms in total. The smallest absolute Gasteiger partial charge is 0.404 e.